The predicted molar refractivity (Wildman–Crippen MR) is 32.3 cm³/mol. The van der Waals surface area contributed by atoms with Crippen LogP contribution in [0.1, 0.15) is 32.1 Å². The van der Waals surface area contributed by atoms with E-state index in [9.17, 15) is 4.79 Å². The molecule has 1 nitrogen and oxygen atoms in total. The summed E-state index contributed by atoms with van der Waals surface area (Å²) in [5, 5.41) is 0. The summed E-state index contributed by atoms with van der Waals surface area (Å²) in [6.07, 6.45) is 8.02. The molecule has 0 unspecified atom stereocenters. The molecular weight excluding hydrogens is 432 g/mol. The molecule has 0 bridgehead atoms. The van der Waals surface area contributed by atoms with Crippen molar-refractivity contribution < 1.29 is 51.8 Å². The van der Waals surface area contributed by atoms with Crippen LogP contribution in [-0.2, 0) is 37.5 Å². The Morgan fingerprint density at radius 3 is 1.90 bits per heavy atom. The summed E-state index contributed by atoms with van der Waals surface area (Å²) in [7, 11) is 0. The molecule has 0 amide bonds. The van der Waals surface area contributed by atoms with E-state index < -0.39 is 0 Å². The summed E-state index contributed by atoms with van der Waals surface area (Å²) >= 11 is 0. The van der Waals surface area contributed by atoms with Crippen molar-refractivity contribution >= 4 is 6.29 Å². The number of hydrogen-bond donors (Lipinski definition) is 0. The maximum absolute atomic E-state index is 10.0. The first-order chi connectivity index (χ1) is 3.93. The van der Waals surface area contributed by atoms with Gasteiger partial charge in [0.25, 0.3) is 0 Å². The predicted octanol–water partition coefficient (Wildman–Crippen LogP) is 1.67. The molecule has 10 heavy (non-hydrogen) atoms. The van der Waals surface area contributed by atoms with Gasteiger partial charge in [-0.3, -0.25) is 6.29 Å². The Bertz CT molecular complexity index is 81.7. The Kier molecular flexibility index (Phi) is 11.3. The van der Waals surface area contributed by atoms with Crippen molar-refractivity contribution in [1.29, 1.82) is 0 Å². The third-order valence-electron chi connectivity index (χ3n) is 1.77. The molecule has 0 N–H and O–H groups in total. The molecule has 1 rings (SSSR count). The minimum atomic E-state index is 0. The fourth-order valence-electron chi connectivity index (χ4n) is 1.22. The van der Waals surface area contributed by atoms with Crippen LogP contribution in [-0.4, -0.2) is 6.29 Å². The van der Waals surface area contributed by atoms with Gasteiger partial charge in [0.15, 0.2) is 0 Å². The van der Waals surface area contributed by atoms with Crippen molar-refractivity contribution in [2.24, 2.45) is 5.92 Å². The monoisotopic (exact) mass is 441 g/mol. The van der Waals surface area contributed by atoms with E-state index in [2.05, 4.69) is 6.29 Å². The SMILES string of the molecule is O=[C-]C1CCCCC1.[Am].[Y]. The molecule has 56 valence electrons. The number of rotatable bonds is 1. The van der Waals surface area contributed by atoms with E-state index in [-0.39, 0.29) is 52.9 Å². The summed E-state index contributed by atoms with van der Waals surface area (Å²) in [5.74, 6) is 0.281. The van der Waals surface area contributed by atoms with Gasteiger partial charge in [0.05, 0.1) is 0 Å². The zero-order valence-electron chi connectivity index (χ0n) is 5.98. The van der Waals surface area contributed by atoms with Crippen LogP contribution < -0.4 is 0 Å². The summed E-state index contributed by atoms with van der Waals surface area (Å²) in [6, 6.07) is 0. The smallest absolute Gasteiger partial charge is 0 e. The van der Waals surface area contributed by atoms with Gasteiger partial charge in [0, 0.05) is 47.0 Å². The molecule has 0 aliphatic heterocycles. The normalized spacial score (nSPS) is 18.4. The van der Waals surface area contributed by atoms with E-state index in [1.165, 1.54) is 19.3 Å². The second kappa shape index (κ2) is 8.26. The first-order valence-electron chi connectivity index (χ1n) is 3.31. The minimum absolute atomic E-state index is 0. The van der Waals surface area contributed by atoms with Crippen LogP contribution in [0.25, 0.3) is 0 Å². The minimum Gasteiger partial charge on any atom is -0.542 e. The average molecular weight is 443 g/mol. The molecule has 1 saturated carbocycles. The van der Waals surface area contributed by atoms with Crippen LogP contribution in [0.3, 0.4) is 0 Å². The second-order valence-electron chi connectivity index (χ2n) is 2.45. The van der Waals surface area contributed by atoms with Gasteiger partial charge in [0.2, 0.25) is 0 Å². The third kappa shape index (κ3) is 4.90. The van der Waals surface area contributed by atoms with Crippen molar-refractivity contribution in [3.8, 4) is 0 Å². The van der Waals surface area contributed by atoms with Crippen LogP contribution in [0.15, 0.2) is 0 Å². The molecule has 0 aromatic carbocycles. The zero-order chi connectivity index (χ0) is 5.82. The van der Waals surface area contributed by atoms with Crippen molar-refractivity contribution in [2.75, 3.05) is 0 Å². The van der Waals surface area contributed by atoms with Gasteiger partial charge in [-0.2, -0.15) is 0 Å². The fourth-order valence-corrected chi connectivity index (χ4v) is 1.22. The molecule has 1 fully saturated rings. The van der Waals surface area contributed by atoms with Crippen LogP contribution in [0, 0.1) is 20.2 Å². The first-order valence-corrected chi connectivity index (χ1v) is 3.31. The van der Waals surface area contributed by atoms with E-state index in [1.54, 1.807) is 0 Å². The van der Waals surface area contributed by atoms with Crippen molar-refractivity contribution in [1.82, 2.24) is 0 Å². The molecule has 0 aromatic rings. The maximum Gasteiger partial charge on any atom is 0 e. The van der Waals surface area contributed by atoms with E-state index in [4.69, 9.17) is 0 Å². The summed E-state index contributed by atoms with van der Waals surface area (Å²) < 4.78 is 0. The Labute approximate surface area is 95.4 Å². The average Bonchev–Trinajstić information content (AvgIpc) is 1.90. The van der Waals surface area contributed by atoms with E-state index in [0.29, 0.717) is 0 Å². The second-order valence-corrected chi connectivity index (χ2v) is 2.45. The Balaban J connectivity index is 0. The number of hydrogen-bond acceptors (Lipinski definition) is 1. The van der Waals surface area contributed by atoms with Gasteiger partial charge in [-0.15, -0.1) is 5.92 Å². The molecule has 1 aliphatic rings. The summed E-state index contributed by atoms with van der Waals surface area (Å²) in [5.41, 5.74) is 0. The van der Waals surface area contributed by atoms with E-state index in [0.717, 1.165) is 12.8 Å². The van der Waals surface area contributed by atoms with Gasteiger partial charge >= 0.3 is 0 Å². The topological polar surface area (TPSA) is 17.1 Å². The molecule has 3 heteroatoms. The standard InChI is InChI=1S/C7H11O.Am.Y/c8-6-7-4-2-1-3-5-7;;/h7H,1-5H2;;/q-1;;. The van der Waals surface area contributed by atoms with Gasteiger partial charge in [-0.1, -0.05) is 32.1 Å². The van der Waals surface area contributed by atoms with E-state index in [1.807, 2.05) is 0 Å². The Morgan fingerprint density at radius 2 is 1.60 bits per heavy atom. The molecule has 0 aromatic heterocycles. The molecule has 0 saturated heterocycles. The van der Waals surface area contributed by atoms with E-state index >= 15 is 0 Å². The van der Waals surface area contributed by atoms with Crippen LogP contribution in [0.5, 0.6) is 0 Å². The quantitative estimate of drug-likeness (QED) is 0.564. The van der Waals surface area contributed by atoms with Gasteiger partial charge in [0.1, 0.15) is 0 Å². The Hall–Kier alpha value is 1.16. The van der Waals surface area contributed by atoms with Crippen LogP contribution in [0.4, 0.5) is 0 Å². The van der Waals surface area contributed by atoms with Crippen molar-refractivity contribution in [3.63, 3.8) is 0 Å². The molecule has 0 spiro atoms. The maximum atomic E-state index is 10.0. The van der Waals surface area contributed by atoms with Crippen LogP contribution in [0.2, 0.25) is 0 Å². The molecule has 0 atom stereocenters. The summed E-state index contributed by atoms with van der Waals surface area (Å²) in [6.45, 7) is 0. The Morgan fingerprint density at radius 1 is 1.10 bits per heavy atom. The summed E-state index contributed by atoms with van der Waals surface area (Å²) in [4.78, 5) is 10.0. The molecule has 1 aliphatic carbocycles. The molecule has 0 heterocycles. The zero-order valence-corrected chi connectivity index (χ0v) is 12.0. The van der Waals surface area contributed by atoms with Crippen molar-refractivity contribution in [3.05, 3.63) is 0 Å². The number of carbonyl (C=O) groups excluding carboxylic acids is 1. The fraction of sp³-hybridized carbons (Fsp3) is 0.857. The van der Waals surface area contributed by atoms with Gasteiger partial charge < -0.3 is 4.79 Å². The van der Waals surface area contributed by atoms with Crippen LogP contribution >= 0.6 is 0 Å². The van der Waals surface area contributed by atoms with Gasteiger partial charge in [-0.05, 0) is 0 Å². The molecule has 2 radical (unpaired) electrons. The van der Waals surface area contributed by atoms with Gasteiger partial charge in [-0.25, -0.2) is 0 Å². The van der Waals surface area contributed by atoms with Crippen molar-refractivity contribution in [2.45, 2.75) is 32.1 Å². The molecular formula is C7H11AmOY-. The largest absolute Gasteiger partial charge is 0.542 e. The third-order valence-corrected chi connectivity index (χ3v) is 1.77. The first kappa shape index (κ1) is 13.7.